The van der Waals surface area contributed by atoms with Gasteiger partial charge in [0.05, 0.1) is 18.8 Å². The van der Waals surface area contributed by atoms with E-state index in [4.69, 9.17) is 9.47 Å². The number of hydrogen-bond donors (Lipinski definition) is 0. The molecule has 0 aromatic heterocycles. The molecular weight excluding hydrogens is 320 g/mol. The van der Waals surface area contributed by atoms with Crippen molar-refractivity contribution >= 4 is 22.2 Å². The lowest BCUT2D eigenvalue weighted by Gasteiger charge is -2.09. The highest BCUT2D eigenvalue weighted by molar-refractivity contribution is 9.10. The molecule has 104 valence electrons. The second-order valence-electron chi connectivity index (χ2n) is 4.16. The first kappa shape index (κ1) is 14.6. The van der Waals surface area contributed by atoms with Gasteiger partial charge in [-0.1, -0.05) is 34.1 Å². The number of halogens is 1. The Kier molecular flexibility index (Phi) is 5.62. The Labute approximate surface area is 126 Å². The van der Waals surface area contributed by atoms with Gasteiger partial charge in [0.1, 0.15) is 11.5 Å². The number of hydrogen-bond acceptors (Lipinski definition) is 3. The predicted octanol–water partition coefficient (Wildman–Crippen LogP) is 4.11. The van der Waals surface area contributed by atoms with Crippen LogP contribution >= 0.6 is 15.9 Å². The Morgan fingerprint density at radius 1 is 1.00 bits per heavy atom. The molecule has 0 aliphatic rings. The van der Waals surface area contributed by atoms with Gasteiger partial charge in [-0.25, -0.2) is 0 Å². The number of carbonyl (C=O) groups excluding carboxylic acids is 1. The van der Waals surface area contributed by atoms with Crippen LogP contribution in [-0.2, 0) is 0 Å². The molecule has 0 N–H and O–H groups in total. The summed E-state index contributed by atoms with van der Waals surface area (Å²) in [5, 5.41) is 0. The van der Waals surface area contributed by atoms with Gasteiger partial charge in [-0.15, -0.1) is 0 Å². The van der Waals surface area contributed by atoms with Crippen LogP contribution in [0, 0.1) is 0 Å². The summed E-state index contributed by atoms with van der Waals surface area (Å²) >= 11 is 3.32. The van der Waals surface area contributed by atoms with Gasteiger partial charge in [-0.2, -0.15) is 0 Å². The van der Waals surface area contributed by atoms with Gasteiger partial charge in [0, 0.05) is 10.9 Å². The lowest BCUT2D eigenvalue weighted by molar-refractivity contribution is 0.111. The molecule has 0 radical (unpaired) electrons. The van der Waals surface area contributed by atoms with Crippen molar-refractivity contribution in [1.29, 1.82) is 0 Å². The molecule has 0 atom stereocenters. The summed E-state index contributed by atoms with van der Waals surface area (Å²) < 4.78 is 12.0. The summed E-state index contributed by atoms with van der Waals surface area (Å²) in [6.45, 7) is 1.09. The first-order chi connectivity index (χ1) is 9.79. The van der Waals surface area contributed by atoms with Crippen LogP contribution in [0.5, 0.6) is 11.5 Å². The van der Waals surface area contributed by atoms with Crippen molar-refractivity contribution in [2.24, 2.45) is 0 Å². The first-order valence-electron chi connectivity index (χ1n) is 6.35. The fourth-order valence-electron chi connectivity index (χ4n) is 1.69. The molecule has 0 aliphatic carbocycles. The normalized spacial score (nSPS) is 10.1. The van der Waals surface area contributed by atoms with E-state index in [0.29, 0.717) is 24.5 Å². The quantitative estimate of drug-likeness (QED) is 0.564. The lowest BCUT2D eigenvalue weighted by Crippen LogP contribution is -2.06. The number of rotatable bonds is 7. The van der Waals surface area contributed by atoms with Crippen LogP contribution in [0.2, 0.25) is 0 Å². The average Bonchev–Trinajstić information content (AvgIpc) is 2.49. The molecule has 0 bridgehead atoms. The molecule has 2 aromatic carbocycles. The van der Waals surface area contributed by atoms with E-state index in [-0.39, 0.29) is 0 Å². The van der Waals surface area contributed by atoms with Gasteiger partial charge in [0.2, 0.25) is 0 Å². The van der Waals surface area contributed by atoms with Crippen LogP contribution < -0.4 is 9.47 Å². The van der Waals surface area contributed by atoms with E-state index < -0.39 is 0 Å². The summed E-state index contributed by atoms with van der Waals surface area (Å²) in [5.74, 6) is 1.45. The van der Waals surface area contributed by atoms with Gasteiger partial charge in [0.25, 0.3) is 0 Å². The van der Waals surface area contributed by atoms with Crippen LogP contribution in [-0.4, -0.2) is 19.5 Å². The van der Waals surface area contributed by atoms with Crippen LogP contribution in [0.4, 0.5) is 0 Å². The summed E-state index contributed by atoms with van der Waals surface area (Å²) in [6, 6.07) is 15.0. The van der Waals surface area contributed by atoms with E-state index in [1.165, 1.54) is 0 Å². The Morgan fingerprint density at radius 3 is 2.50 bits per heavy atom. The highest BCUT2D eigenvalue weighted by Gasteiger charge is 2.03. The molecule has 0 spiro atoms. The third kappa shape index (κ3) is 4.38. The maximum Gasteiger partial charge on any atom is 0.153 e. The van der Waals surface area contributed by atoms with E-state index >= 15 is 0 Å². The van der Waals surface area contributed by atoms with Gasteiger partial charge in [-0.3, -0.25) is 4.79 Å². The molecule has 0 saturated heterocycles. The highest BCUT2D eigenvalue weighted by atomic mass is 79.9. The standard InChI is InChI=1S/C16H15BrO3/c17-14-7-8-16(13(11-14)12-18)20-10-4-9-19-15-5-2-1-3-6-15/h1-3,5-8,11-12H,4,9-10H2. The number of benzene rings is 2. The van der Waals surface area contributed by atoms with Crippen molar-refractivity contribution in [3.8, 4) is 11.5 Å². The molecule has 20 heavy (non-hydrogen) atoms. The monoisotopic (exact) mass is 334 g/mol. The highest BCUT2D eigenvalue weighted by Crippen LogP contribution is 2.21. The molecule has 0 aliphatic heterocycles. The summed E-state index contributed by atoms with van der Waals surface area (Å²) in [7, 11) is 0. The van der Waals surface area contributed by atoms with Crippen molar-refractivity contribution in [2.75, 3.05) is 13.2 Å². The van der Waals surface area contributed by atoms with Crippen molar-refractivity contribution in [3.63, 3.8) is 0 Å². The number of aldehydes is 1. The van der Waals surface area contributed by atoms with Crippen LogP contribution in [0.1, 0.15) is 16.8 Å². The molecule has 0 heterocycles. The predicted molar refractivity (Wildman–Crippen MR) is 81.6 cm³/mol. The first-order valence-corrected chi connectivity index (χ1v) is 7.14. The van der Waals surface area contributed by atoms with E-state index in [1.807, 2.05) is 36.4 Å². The van der Waals surface area contributed by atoms with Gasteiger partial charge in [0.15, 0.2) is 6.29 Å². The van der Waals surface area contributed by atoms with Crippen LogP contribution in [0.15, 0.2) is 53.0 Å². The Balaban J connectivity index is 1.75. The second kappa shape index (κ2) is 7.70. The molecule has 0 fully saturated rings. The molecule has 4 heteroatoms. The number of ether oxygens (including phenoxy) is 2. The van der Waals surface area contributed by atoms with Crippen LogP contribution in [0.25, 0.3) is 0 Å². The summed E-state index contributed by atoms with van der Waals surface area (Å²) in [5.41, 5.74) is 0.545. The minimum atomic E-state index is 0.509. The molecule has 0 amide bonds. The van der Waals surface area contributed by atoms with Crippen molar-refractivity contribution < 1.29 is 14.3 Å². The van der Waals surface area contributed by atoms with E-state index in [0.717, 1.165) is 22.9 Å². The zero-order valence-electron chi connectivity index (χ0n) is 10.9. The summed E-state index contributed by atoms with van der Waals surface area (Å²) in [6.07, 6.45) is 1.55. The Morgan fingerprint density at radius 2 is 1.75 bits per heavy atom. The largest absolute Gasteiger partial charge is 0.493 e. The van der Waals surface area contributed by atoms with Gasteiger partial charge < -0.3 is 9.47 Å². The molecule has 2 rings (SSSR count). The zero-order chi connectivity index (χ0) is 14.2. The number of para-hydroxylation sites is 1. The van der Waals surface area contributed by atoms with Crippen molar-refractivity contribution in [2.45, 2.75) is 6.42 Å². The molecule has 0 unspecified atom stereocenters. The van der Waals surface area contributed by atoms with Gasteiger partial charge >= 0.3 is 0 Å². The smallest absolute Gasteiger partial charge is 0.153 e. The topological polar surface area (TPSA) is 35.5 Å². The fraction of sp³-hybridized carbons (Fsp3) is 0.188. The third-order valence-electron chi connectivity index (χ3n) is 2.66. The molecular formula is C16H15BrO3. The number of carbonyl (C=O) groups is 1. The summed E-state index contributed by atoms with van der Waals surface area (Å²) in [4.78, 5) is 10.9. The van der Waals surface area contributed by atoms with E-state index in [1.54, 1.807) is 12.1 Å². The maximum atomic E-state index is 10.9. The lowest BCUT2D eigenvalue weighted by atomic mass is 10.2. The Bertz CT molecular complexity index is 555. The SMILES string of the molecule is O=Cc1cc(Br)ccc1OCCCOc1ccccc1. The third-order valence-corrected chi connectivity index (χ3v) is 3.15. The second-order valence-corrected chi connectivity index (χ2v) is 5.08. The Hall–Kier alpha value is -1.81. The van der Waals surface area contributed by atoms with E-state index in [9.17, 15) is 4.79 Å². The average molecular weight is 335 g/mol. The van der Waals surface area contributed by atoms with Crippen LogP contribution in [0.3, 0.4) is 0 Å². The fourth-order valence-corrected chi connectivity index (χ4v) is 2.07. The molecule has 3 nitrogen and oxygen atoms in total. The minimum Gasteiger partial charge on any atom is -0.493 e. The van der Waals surface area contributed by atoms with Crippen molar-refractivity contribution in [1.82, 2.24) is 0 Å². The van der Waals surface area contributed by atoms with E-state index in [2.05, 4.69) is 15.9 Å². The van der Waals surface area contributed by atoms with Crippen molar-refractivity contribution in [3.05, 3.63) is 58.6 Å². The molecule has 0 saturated carbocycles. The zero-order valence-corrected chi connectivity index (χ0v) is 12.5. The minimum absolute atomic E-state index is 0.509. The molecule has 2 aromatic rings. The maximum absolute atomic E-state index is 10.9. The van der Waals surface area contributed by atoms with Gasteiger partial charge in [-0.05, 0) is 30.3 Å².